The number of benzene rings is 1. The van der Waals surface area contributed by atoms with Crippen LogP contribution in [0.5, 0.6) is 0 Å². The van der Waals surface area contributed by atoms with E-state index in [1.807, 2.05) is 13.8 Å². The summed E-state index contributed by atoms with van der Waals surface area (Å²) in [5, 5.41) is 40.1. The zero-order valence-electron chi connectivity index (χ0n) is 30.1. The molecule has 0 bridgehead atoms. The normalized spacial score (nSPS) is 13.7. The van der Waals surface area contributed by atoms with Crippen molar-refractivity contribution in [1.82, 2.24) is 26.6 Å². The highest BCUT2D eigenvalue weighted by Gasteiger charge is 2.34. The fourth-order valence-corrected chi connectivity index (χ4v) is 4.62. The topological polar surface area (TPSA) is 257 Å². The van der Waals surface area contributed by atoms with Crippen LogP contribution in [0.2, 0.25) is 0 Å². The molecular weight excluding hydrogens is 678 g/mol. The third-order valence-corrected chi connectivity index (χ3v) is 7.01. The van der Waals surface area contributed by atoms with Gasteiger partial charge in [-0.3, -0.25) is 38.4 Å². The van der Waals surface area contributed by atoms with Crippen molar-refractivity contribution in [3.63, 3.8) is 0 Å². The Morgan fingerprint density at radius 2 is 1.04 bits per heavy atom. The average Bonchev–Trinajstić information content (AvgIpc) is 3.06. The Balaban J connectivity index is 0.0000128. The molecule has 1 rings (SSSR count). The Bertz CT molecular complexity index is 1460. The van der Waals surface area contributed by atoms with Crippen LogP contribution < -0.4 is 26.6 Å². The number of carboxylic acid groups (broad SMARTS) is 3. The predicted molar refractivity (Wildman–Crippen MR) is 192 cm³/mol. The number of carbonyl (C=O) groups is 8. The monoisotopic (exact) mass is 729 g/mol. The third kappa shape index (κ3) is 18.4. The van der Waals surface area contributed by atoms with Crippen LogP contribution in [-0.4, -0.2) is 98.9 Å². The van der Waals surface area contributed by atoms with Crippen molar-refractivity contribution in [2.45, 2.75) is 103 Å². The maximum Gasteiger partial charge on any atom is 0.305 e. The van der Waals surface area contributed by atoms with Gasteiger partial charge in [-0.1, -0.05) is 89.4 Å². The molecule has 52 heavy (non-hydrogen) atoms. The first-order valence-electron chi connectivity index (χ1n) is 16.6. The third-order valence-electron chi connectivity index (χ3n) is 7.01. The highest BCUT2D eigenvalue weighted by molar-refractivity contribution is 5.98. The van der Waals surface area contributed by atoms with Gasteiger partial charge in [0, 0.05) is 12.5 Å². The Kier molecular flexibility index (Phi) is 21.8. The summed E-state index contributed by atoms with van der Waals surface area (Å²) in [6.07, 6.45) is 1.80. The summed E-state index contributed by atoms with van der Waals surface area (Å²) in [5.41, 5.74) is 1.17. The van der Waals surface area contributed by atoms with E-state index >= 15 is 0 Å². The lowest BCUT2D eigenvalue weighted by Crippen LogP contribution is -2.59. The minimum absolute atomic E-state index is 0.0526. The van der Waals surface area contributed by atoms with Gasteiger partial charge in [0.25, 0.3) is 0 Å². The standard InChI is InChI=1S/C34H45N5O11.C2H6/c1-6-11-21(7-2)14-23(20(5)40)36-31(47)24(15-22-12-9-8-10-13-22)37-33(49)26(17-29(43)44)39-34(50)27(18-30(45)46)38-32(48)25(16-28(41)42)35-19(3)4;1-2/h6-13,19,23-27,35H,1-2,14-18H2,3-5H3,(H,36,47)(H,37,49)(H,38,48)(H,39,50)(H,41,42)(H,43,44)(H,45,46);1-2H3/b21-11+;. The smallest absolute Gasteiger partial charge is 0.305 e. The first kappa shape index (κ1) is 46.4. The van der Waals surface area contributed by atoms with E-state index in [2.05, 4.69) is 39.7 Å². The number of allylic oxidation sites excluding steroid dienone is 3. The fourth-order valence-electron chi connectivity index (χ4n) is 4.62. The first-order chi connectivity index (χ1) is 24.5. The number of ketones is 1. The molecule has 5 unspecified atom stereocenters. The average molecular weight is 730 g/mol. The molecule has 0 aliphatic rings. The maximum absolute atomic E-state index is 13.6. The number of nitrogens with one attached hydrogen (secondary N) is 5. The zero-order chi connectivity index (χ0) is 40.0. The second kappa shape index (κ2) is 24.5. The SMILES string of the molecule is C=C/C=C(\C=C)CC(NC(=O)C(Cc1ccccc1)NC(=O)C(CC(=O)O)NC(=O)C(CC(=O)O)NC(=O)C(CC(=O)O)NC(C)C)C(C)=O.CC. The maximum atomic E-state index is 13.6. The summed E-state index contributed by atoms with van der Waals surface area (Å²) in [4.78, 5) is 100. The second-order valence-corrected chi connectivity index (χ2v) is 11.6. The van der Waals surface area contributed by atoms with Gasteiger partial charge < -0.3 is 41.9 Å². The van der Waals surface area contributed by atoms with Gasteiger partial charge in [-0.25, -0.2) is 0 Å². The van der Waals surface area contributed by atoms with E-state index < -0.39 is 96.8 Å². The number of hydrogen-bond acceptors (Lipinski definition) is 9. The second-order valence-electron chi connectivity index (χ2n) is 11.6. The van der Waals surface area contributed by atoms with Gasteiger partial charge in [-0.2, -0.15) is 0 Å². The highest BCUT2D eigenvalue weighted by Crippen LogP contribution is 2.11. The molecule has 0 heterocycles. The summed E-state index contributed by atoms with van der Waals surface area (Å²) in [6, 6.07) is 0.547. The minimum Gasteiger partial charge on any atom is -0.481 e. The predicted octanol–water partition coefficient (Wildman–Crippen LogP) is 1.26. The van der Waals surface area contributed by atoms with Gasteiger partial charge in [0.05, 0.1) is 31.3 Å². The van der Waals surface area contributed by atoms with Crippen LogP contribution in [0, 0.1) is 0 Å². The molecule has 0 aliphatic carbocycles. The lowest BCUT2D eigenvalue weighted by Gasteiger charge is -2.26. The van der Waals surface area contributed by atoms with Crippen molar-refractivity contribution in [2.24, 2.45) is 0 Å². The molecule has 0 fully saturated rings. The lowest BCUT2D eigenvalue weighted by atomic mass is 10.0. The summed E-state index contributed by atoms with van der Waals surface area (Å²) in [5.74, 6) is -9.07. The van der Waals surface area contributed by atoms with Crippen LogP contribution >= 0.6 is 0 Å². The minimum atomic E-state index is -1.87. The summed E-state index contributed by atoms with van der Waals surface area (Å²) >= 11 is 0. The summed E-state index contributed by atoms with van der Waals surface area (Å²) in [7, 11) is 0. The zero-order valence-corrected chi connectivity index (χ0v) is 30.1. The number of amides is 4. The van der Waals surface area contributed by atoms with Gasteiger partial charge in [0.15, 0.2) is 5.78 Å². The van der Waals surface area contributed by atoms with E-state index in [-0.39, 0.29) is 18.9 Å². The van der Waals surface area contributed by atoms with E-state index in [0.29, 0.717) is 11.1 Å². The molecule has 4 amide bonds. The van der Waals surface area contributed by atoms with Crippen LogP contribution in [0.1, 0.15) is 65.9 Å². The van der Waals surface area contributed by atoms with Crippen molar-refractivity contribution in [1.29, 1.82) is 0 Å². The largest absolute Gasteiger partial charge is 0.481 e. The number of hydrogen-bond donors (Lipinski definition) is 8. The Labute approximate surface area is 303 Å². The quantitative estimate of drug-likeness (QED) is 0.0741. The number of carbonyl (C=O) groups excluding carboxylic acids is 5. The van der Waals surface area contributed by atoms with Crippen molar-refractivity contribution in [2.75, 3.05) is 0 Å². The lowest BCUT2D eigenvalue weighted by molar-refractivity contribution is -0.144. The molecular formula is C36H51N5O11. The molecule has 0 aliphatic heterocycles. The van der Waals surface area contributed by atoms with Gasteiger partial charge in [-0.05, 0) is 24.5 Å². The van der Waals surface area contributed by atoms with Crippen LogP contribution in [-0.2, 0) is 44.8 Å². The van der Waals surface area contributed by atoms with Crippen LogP contribution in [0.25, 0.3) is 0 Å². The van der Waals surface area contributed by atoms with E-state index in [1.165, 1.54) is 19.1 Å². The summed E-state index contributed by atoms with van der Waals surface area (Å²) < 4.78 is 0. The molecule has 5 atom stereocenters. The molecule has 286 valence electrons. The van der Waals surface area contributed by atoms with E-state index in [4.69, 9.17) is 0 Å². The molecule has 0 aromatic heterocycles. The fraction of sp³-hybridized carbons (Fsp3) is 0.444. The number of aliphatic carboxylic acids is 3. The van der Waals surface area contributed by atoms with E-state index in [0.717, 1.165) is 0 Å². The molecule has 8 N–H and O–H groups in total. The van der Waals surface area contributed by atoms with Crippen molar-refractivity contribution in [3.8, 4) is 0 Å². The molecule has 1 aromatic rings. The summed E-state index contributed by atoms with van der Waals surface area (Å²) in [6.45, 7) is 15.8. The number of rotatable bonds is 23. The number of carboxylic acids is 3. The molecule has 16 heteroatoms. The van der Waals surface area contributed by atoms with Gasteiger partial charge >= 0.3 is 17.9 Å². The van der Waals surface area contributed by atoms with Crippen molar-refractivity contribution < 1.29 is 53.7 Å². The molecule has 0 saturated heterocycles. The van der Waals surface area contributed by atoms with Gasteiger partial charge in [-0.15, -0.1) is 0 Å². The van der Waals surface area contributed by atoms with Crippen LogP contribution in [0.3, 0.4) is 0 Å². The van der Waals surface area contributed by atoms with Crippen molar-refractivity contribution >= 4 is 47.3 Å². The van der Waals surface area contributed by atoms with Crippen molar-refractivity contribution in [3.05, 3.63) is 72.9 Å². The van der Waals surface area contributed by atoms with Crippen LogP contribution in [0.4, 0.5) is 0 Å². The number of Topliss-reactive ketones (excluding diaryl/α,β-unsaturated/α-hetero) is 1. The first-order valence-corrected chi connectivity index (χ1v) is 16.6. The van der Waals surface area contributed by atoms with E-state index in [9.17, 15) is 53.7 Å². The molecule has 0 spiro atoms. The van der Waals surface area contributed by atoms with Gasteiger partial charge in [0.2, 0.25) is 23.6 Å². The highest BCUT2D eigenvalue weighted by atomic mass is 16.4. The van der Waals surface area contributed by atoms with E-state index in [1.54, 1.807) is 50.3 Å². The molecule has 0 saturated carbocycles. The Morgan fingerprint density at radius 1 is 0.635 bits per heavy atom. The molecule has 1 aromatic carbocycles. The van der Waals surface area contributed by atoms with Crippen LogP contribution in [0.15, 0.2) is 67.3 Å². The molecule has 16 nitrogen and oxygen atoms in total. The molecule has 0 radical (unpaired) electrons. The Morgan fingerprint density at radius 3 is 1.44 bits per heavy atom. The van der Waals surface area contributed by atoms with Gasteiger partial charge in [0.1, 0.15) is 18.1 Å². The Hall–Kier alpha value is -5.64.